The second-order valence-electron chi connectivity index (χ2n) is 4.05. The van der Waals surface area contributed by atoms with Crippen LogP contribution in [0.2, 0.25) is 0 Å². The normalized spacial score (nSPS) is 11.9. The molecule has 3 rings (SSSR count). The van der Waals surface area contributed by atoms with Crippen LogP contribution in [0.5, 0.6) is 6.01 Å². The van der Waals surface area contributed by atoms with Crippen LogP contribution in [0.15, 0.2) is 36.7 Å². The summed E-state index contributed by atoms with van der Waals surface area (Å²) in [5.41, 5.74) is 0.372. The highest BCUT2D eigenvalue weighted by Crippen LogP contribution is 2.31. The second kappa shape index (κ2) is 4.19. The van der Waals surface area contributed by atoms with Gasteiger partial charge in [0.05, 0.1) is 11.3 Å². The second-order valence-corrected chi connectivity index (χ2v) is 4.05. The maximum Gasteiger partial charge on any atom is 0.416 e. The number of nitrogens with zero attached hydrogens (tertiary/aromatic N) is 4. The Morgan fingerprint density at radius 1 is 1.10 bits per heavy atom. The van der Waals surface area contributed by atoms with E-state index in [4.69, 9.17) is 0 Å². The van der Waals surface area contributed by atoms with Crippen LogP contribution >= 0.6 is 0 Å². The van der Waals surface area contributed by atoms with E-state index in [-0.39, 0.29) is 6.01 Å². The lowest BCUT2D eigenvalue weighted by molar-refractivity contribution is -0.137. The van der Waals surface area contributed by atoms with Crippen molar-refractivity contribution in [1.82, 2.24) is 19.6 Å². The molecule has 0 amide bonds. The number of alkyl halides is 3. The molecule has 20 heavy (non-hydrogen) atoms. The van der Waals surface area contributed by atoms with Crippen molar-refractivity contribution in [2.24, 2.45) is 0 Å². The number of hydrogen-bond acceptors (Lipinski definition) is 4. The van der Waals surface area contributed by atoms with Crippen molar-refractivity contribution in [2.75, 3.05) is 0 Å². The van der Waals surface area contributed by atoms with Crippen LogP contribution in [0.4, 0.5) is 13.2 Å². The first-order valence-electron chi connectivity index (χ1n) is 5.52. The molecule has 2 aromatic heterocycles. The number of rotatable bonds is 1. The molecule has 0 atom stereocenters. The first kappa shape index (κ1) is 12.4. The first-order chi connectivity index (χ1) is 9.45. The van der Waals surface area contributed by atoms with Crippen LogP contribution in [0.3, 0.4) is 0 Å². The van der Waals surface area contributed by atoms with Gasteiger partial charge in [-0.3, -0.25) is 0 Å². The molecule has 0 aliphatic carbocycles. The van der Waals surface area contributed by atoms with Gasteiger partial charge in [0.1, 0.15) is 6.33 Å². The van der Waals surface area contributed by atoms with E-state index >= 15 is 0 Å². The summed E-state index contributed by atoms with van der Waals surface area (Å²) in [4.78, 5) is 7.76. The Labute approximate surface area is 110 Å². The highest BCUT2D eigenvalue weighted by Gasteiger charge is 2.30. The highest BCUT2D eigenvalue weighted by atomic mass is 19.4. The third kappa shape index (κ3) is 2.04. The lowest BCUT2D eigenvalue weighted by Crippen LogP contribution is -2.04. The minimum absolute atomic E-state index is 0.316. The van der Waals surface area contributed by atoms with Gasteiger partial charge in [0.2, 0.25) is 0 Å². The summed E-state index contributed by atoms with van der Waals surface area (Å²) in [5.74, 6) is 0. The summed E-state index contributed by atoms with van der Waals surface area (Å²) in [6.07, 6.45) is -3.14. The summed E-state index contributed by atoms with van der Waals surface area (Å²) in [7, 11) is 0. The molecule has 8 heteroatoms. The van der Waals surface area contributed by atoms with Gasteiger partial charge in [-0.25, -0.2) is 4.98 Å². The molecule has 0 unspecified atom stereocenters. The van der Waals surface area contributed by atoms with E-state index in [1.807, 2.05) is 0 Å². The number of aromatic nitrogens is 4. The van der Waals surface area contributed by atoms with Gasteiger partial charge in [0, 0.05) is 11.6 Å². The van der Waals surface area contributed by atoms with E-state index in [0.29, 0.717) is 16.9 Å². The number of hydrogen-bond donors (Lipinski definition) is 1. The topological polar surface area (TPSA) is 63.3 Å². The number of halogens is 3. The van der Waals surface area contributed by atoms with Crippen LogP contribution in [-0.4, -0.2) is 24.7 Å². The molecule has 0 aliphatic rings. The third-order valence-corrected chi connectivity index (χ3v) is 2.76. The Morgan fingerprint density at radius 2 is 1.80 bits per heavy atom. The molecule has 1 N–H and O–H groups in total. The molecular weight excluding hydrogens is 273 g/mol. The van der Waals surface area contributed by atoms with E-state index < -0.39 is 11.7 Å². The molecular formula is C12H7F3N4O. The molecule has 0 saturated heterocycles. The van der Waals surface area contributed by atoms with E-state index in [2.05, 4.69) is 15.1 Å². The summed E-state index contributed by atoms with van der Waals surface area (Å²) < 4.78 is 38.5. The van der Waals surface area contributed by atoms with Gasteiger partial charge in [0.15, 0.2) is 5.65 Å². The van der Waals surface area contributed by atoms with Gasteiger partial charge in [-0.1, -0.05) is 12.1 Å². The molecule has 3 aromatic rings. The number of aromatic hydroxyl groups is 1. The highest BCUT2D eigenvalue weighted by molar-refractivity contribution is 5.64. The lowest BCUT2D eigenvalue weighted by Gasteiger charge is -2.07. The van der Waals surface area contributed by atoms with Crippen molar-refractivity contribution in [3.63, 3.8) is 0 Å². The third-order valence-electron chi connectivity index (χ3n) is 2.76. The predicted octanol–water partition coefficient (Wildman–Crippen LogP) is 2.52. The van der Waals surface area contributed by atoms with Crippen LogP contribution in [0.1, 0.15) is 5.56 Å². The fourth-order valence-electron chi connectivity index (χ4n) is 1.79. The van der Waals surface area contributed by atoms with Crippen molar-refractivity contribution >= 4 is 5.65 Å². The van der Waals surface area contributed by atoms with Crippen LogP contribution in [-0.2, 0) is 6.18 Å². The fraction of sp³-hybridized carbons (Fsp3) is 0.0833. The molecule has 0 saturated carbocycles. The fourth-order valence-corrected chi connectivity index (χ4v) is 1.79. The van der Waals surface area contributed by atoms with Gasteiger partial charge < -0.3 is 5.11 Å². The summed E-state index contributed by atoms with van der Waals surface area (Å²) in [6, 6.07) is 5.64. The Kier molecular flexibility index (Phi) is 2.60. The molecule has 2 heterocycles. The first-order valence-corrected chi connectivity index (χ1v) is 5.52. The van der Waals surface area contributed by atoms with E-state index in [9.17, 15) is 18.3 Å². The molecule has 0 spiro atoms. The molecule has 0 bridgehead atoms. The zero-order valence-corrected chi connectivity index (χ0v) is 9.83. The SMILES string of the molecule is Oc1nc(-c2ccc(C(F)(F)F)cc2)cc2ncnn12. The van der Waals surface area contributed by atoms with Gasteiger partial charge >= 0.3 is 12.2 Å². The smallest absolute Gasteiger partial charge is 0.416 e. The van der Waals surface area contributed by atoms with E-state index in [1.54, 1.807) is 0 Å². The monoisotopic (exact) mass is 280 g/mol. The van der Waals surface area contributed by atoms with Gasteiger partial charge in [0.25, 0.3) is 0 Å². The summed E-state index contributed by atoms with van der Waals surface area (Å²) in [5, 5.41) is 13.4. The maximum atomic E-state index is 12.5. The standard InChI is InChI=1S/C12H7F3N4O/c13-12(14,15)8-3-1-7(2-4-8)9-5-10-16-6-17-19(10)11(20)18-9/h1-6H,(H,18,20). The molecule has 0 aliphatic heterocycles. The maximum absolute atomic E-state index is 12.5. The molecule has 0 fully saturated rings. The van der Waals surface area contributed by atoms with E-state index in [1.165, 1.54) is 24.5 Å². The Bertz CT molecular complexity index is 764. The quantitative estimate of drug-likeness (QED) is 0.744. The van der Waals surface area contributed by atoms with Crippen molar-refractivity contribution in [2.45, 2.75) is 6.18 Å². The van der Waals surface area contributed by atoms with Crippen LogP contribution < -0.4 is 0 Å². The Balaban J connectivity index is 2.06. The minimum Gasteiger partial charge on any atom is -0.479 e. The molecule has 0 radical (unpaired) electrons. The lowest BCUT2D eigenvalue weighted by atomic mass is 10.1. The molecule has 5 nitrogen and oxygen atoms in total. The summed E-state index contributed by atoms with van der Waals surface area (Å²) in [6.45, 7) is 0. The summed E-state index contributed by atoms with van der Waals surface area (Å²) >= 11 is 0. The average molecular weight is 280 g/mol. The Morgan fingerprint density at radius 3 is 2.45 bits per heavy atom. The van der Waals surface area contributed by atoms with Gasteiger partial charge in [-0.15, -0.1) is 0 Å². The van der Waals surface area contributed by atoms with E-state index in [0.717, 1.165) is 16.6 Å². The van der Waals surface area contributed by atoms with Crippen molar-refractivity contribution in [1.29, 1.82) is 0 Å². The van der Waals surface area contributed by atoms with Crippen molar-refractivity contribution < 1.29 is 18.3 Å². The minimum atomic E-state index is -4.38. The zero-order valence-electron chi connectivity index (χ0n) is 9.83. The van der Waals surface area contributed by atoms with Gasteiger partial charge in [-0.05, 0) is 12.1 Å². The number of fused-ring (bicyclic) bond motifs is 1. The Hall–Kier alpha value is -2.64. The van der Waals surface area contributed by atoms with Crippen molar-refractivity contribution in [3.8, 4) is 17.3 Å². The zero-order chi connectivity index (χ0) is 14.3. The average Bonchev–Trinajstić information content (AvgIpc) is 2.86. The molecule has 102 valence electrons. The number of benzene rings is 1. The van der Waals surface area contributed by atoms with Crippen LogP contribution in [0, 0.1) is 0 Å². The largest absolute Gasteiger partial charge is 0.479 e. The van der Waals surface area contributed by atoms with Gasteiger partial charge in [-0.2, -0.15) is 27.8 Å². The van der Waals surface area contributed by atoms with Crippen molar-refractivity contribution in [3.05, 3.63) is 42.2 Å². The van der Waals surface area contributed by atoms with Crippen LogP contribution in [0.25, 0.3) is 16.9 Å². The predicted molar refractivity (Wildman–Crippen MR) is 62.9 cm³/mol. The molecule has 1 aromatic carbocycles.